The smallest absolute Gasteiger partial charge is 0.327 e. The fourth-order valence-electron chi connectivity index (χ4n) is 6.30. The third kappa shape index (κ3) is 12.1. The van der Waals surface area contributed by atoms with E-state index in [1.807, 2.05) is 0 Å². The van der Waals surface area contributed by atoms with Crippen LogP contribution in [0, 0.1) is 0 Å². The van der Waals surface area contributed by atoms with Gasteiger partial charge in [0.15, 0.2) is 0 Å². The maximum Gasteiger partial charge on any atom is 0.327 e. The summed E-state index contributed by atoms with van der Waals surface area (Å²) in [4.78, 5) is 107. The van der Waals surface area contributed by atoms with Crippen molar-refractivity contribution in [3.63, 3.8) is 0 Å². The minimum atomic E-state index is -1.60. The molecule has 10 N–H and O–H groups in total. The number of amides is 7. The number of aliphatic hydroxyl groups excluding tert-OH is 1. The Kier molecular flexibility index (Phi) is 17.0. The average Bonchev–Trinajstić information content (AvgIpc) is 3.84. The van der Waals surface area contributed by atoms with Crippen LogP contribution in [-0.4, -0.2) is 140 Å². The summed E-state index contributed by atoms with van der Waals surface area (Å²) in [6, 6.07) is 0.115. The van der Waals surface area contributed by atoms with E-state index in [2.05, 4.69) is 46.5 Å². The number of nitrogens with one attached hydrogen (secondary N) is 4. The van der Waals surface area contributed by atoms with Crippen molar-refractivity contribution >= 4 is 72.6 Å². The number of benzene rings is 1. The summed E-state index contributed by atoms with van der Waals surface area (Å²) in [5.74, 6) is -6.66. The lowest BCUT2D eigenvalue weighted by molar-refractivity contribution is -0.149. The van der Waals surface area contributed by atoms with Crippen molar-refractivity contribution in [1.82, 2.24) is 31.1 Å². The topological polar surface area (TPSA) is 284 Å². The van der Waals surface area contributed by atoms with E-state index in [4.69, 9.17) is 11.5 Å². The van der Waals surface area contributed by atoms with E-state index in [9.17, 15) is 48.6 Å². The monoisotopic (exact) mass is 794 g/mol. The molecule has 2 fully saturated rings. The number of nitrogens with two attached hydrogens (primary N) is 2. The standard InChI is InChI=1S/C34H50N8O10S2/c1-18(43)27(33(50)42-14-6-10-25(42)32(49)41-13-5-9-24(41)31(48)39-23(17-54)34(51)52)40-29(46)21(11-12-26(36)44)37-30(47)22(38-28(45)20(35)16-53)15-19-7-3-2-4-8-19/h2-4,7-8,18,20-25,27,43,53-54H,5-6,9-17,35H2,1H3,(H2,36,44)(H,37,47)(H,38,45)(H,39,48)(H,40,46)(H,51,52)/t18-,20+,21+,22+,23+,24+,25+,27+/m1/s1. The van der Waals surface area contributed by atoms with Crippen LogP contribution in [0.3, 0.4) is 0 Å². The van der Waals surface area contributed by atoms with Gasteiger partial charge in [0.25, 0.3) is 0 Å². The number of primary amides is 1. The third-order valence-corrected chi connectivity index (χ3v) is 10.0. The number of likely N-dealkylation sites (tertiary alicyclic amines) is 2. The molecule has 2 heterocycles. The molecule has 20 heteroatoms. The van der Waals surface area contributed by atoms with Crippen molar-refractivity contribution in [3.05, 3.63) is 35.9 Å². The van der Waals surface area contributed by atoms with Gasteiger partial charge in [-0.3, -0.25) is 33.6 Å². The third-order valence-electron chi connectivity index (χ3n) is 9.26. The number of hydrogen-bond donors (Lipinski definition) is 10. The van der Waals surface area contributed by atoms with Gasteiger partial charge in [0.2, 0.25) is 41.4 Å². The number of carbonyl (C=O) groups is 8. The van der Waals surface area contributed by atoms with Crippen LogP contribution in [0.2, 0.25) is 0 Å². The summed E-state index contributed by atoms with van der Waals surface area (Å²) in [7, 11) is 0. The van der Waals surface area contributed by atoms with Crippen molar-refractivity contribution in [2.45, 2.75) is 100 Å². The number of thiol groups is 2. The summed E-state index contributed by atoms with van der Waals surface area (Å²) >= 11 is 8.00. The molecule has 0 spiro atoms. The van der Waals surface area contributed by atoms with Gasteiger partial charge in [-0.15, -0.1) is 0 Å². The molecule has 7 amide bonds. The molecule has 54 heavy (non-hydrogen) atoms. The van der Waals surface area contributed by atoms with Crippen LogP contribution in [-0.2, 0) is 44.8 Å². The van der Waals surface area contributed by atoms with Crippen molar-refractivity contribution < 1.29 is 48.6 Å². The number of hydrogen-bond acceptors (Lipinski definition) is 12. The van der Waals surface area contributed by atoms with Gasteiger partial charge in [-0.2, -0.15) is 25.3 Å². The number of carboxylic acid groups (broad SMARTS) is 1. The number of carbonyl (C=O) groups excluding carboxylic acids is 7. The minimum Gasteiger partial charge on any atom is -0.480 e. The van der Waals surface area contributed by atoms with Gasteiger partial charge in [0.1, 0.15) is 36.3 Å². The Morgan fingerprint density at radius 3 is 1.98 bits per heavy atom. The van der Waals surface area contributed by atoms with Gasteiger partial charge in [0.05, 0.1) is 12.1 Å². The van der Waals surface area contributed by atoms with E-state index in [0.29, 0.717) is 18.4 Å². The molecule has 298 valence electrons. The highest BCUT2D eigenvalue weighted by molar-refractivity contribution is 7.80. The predicted octanol–water partition coefficient (Wildman–Crippen LogP) is -2.93. The number of aliphatic carboxylic acids is 1. The maximum atomic E-state index is 14.0. The molecular formula is C34H50N8O10S2. The average molecular weight is 795 g/mol. The first-order valence-corrected chi connectivity index (χ1v) is 18.9. The molecule has 0 bridgehead atoms. The highest BCUT2D eigenvalue weighted by atomic mass is 32.1. The van der Waals surface area contributed by atoms with Crippen molar-refractivity contribution in [2.75, 3.05) is 24.6 Å². The first kappa shape index (κ1) is 44.0. The number of carboxylic acids is 1. The molecule has 0 saturated carbocycles. The second-order valence-electron chi connectivity index (χ2n) is 13.3. The fraction of sp³-hybridized carbons (Fsp3) is 0.588. The Morgan fingerprint density at radius 2 is 1.41 bits per heavy atom. The summed E-state index contributed by atoms with van der Waals surface area (Å²) in [6.45, 7) is 1.54. The molecular weight excluding hydrogens is 745 g/mol. The summed E-state index contributed by atoms with van der Waals surface area (Å²) in [5, 5.41) is 30.0. The quantitative estimate of drug-likeness (QED) is 0.0633. The van der Waals surface area contributed by atoms with Crippen LogP contribution in [0.4, 0.5) is 0 Å². The van der Waals surface area contributed by atoms with Crippen LogP contribution < -0.4 is 32.7 Å². The molecule has 18 nitrogen and oxygen atoms in total. The van der Waals surface area contributed by atoms with Gasteiger partial charge in [0, 0.05) is 37.4 Å². The van der Waals surface area contributed by atoms with Gasteiger partial charge in [-0.25, -0.2) is 4.79 Å². The lowest BCUT2D eigenvalue weighted by Crippen LogP contribution is -2.61. The second-order valence-corrected chi connectivity index (χ2v) is 14.0. The first-order valence-electron chi connectivity index (χ1n) is 17.6. The minimum absolute atomic E-state index is 0.00897. The SMILES string of the molecule is C[C@@H](O)[C@H](NC(=O)[C@H](CCC(N)=O)NC(=O)[C@H](Cc1ccccc1)NC(=O)[C@@H](N)CS)C(=O)N1CCC[C@H]1C(=O)N1CCC[C@H]1C(=O)N[C@@H](CS)C(=O)O. The molecule has 0 aliphatic carbocycles. The lowest BCUT2D eigenvalue weighted by Gasteiger charge is -2.34. The Labute approximate surface area is 323 Å². The van der Waals surface area contributed by atoms with Crippen LogP contribution in [0.15, 0.2) is 30.3 Å². The van der Waals surface area contributed by atoms with Crippen molar-refractivity contribution in [1.29, 1.82) is 0 Å². The van der Waals surface area contributed by atoms with Gasteiger partial charge >= 0.3 is 5.97 Å². The molecule has 2 saturated heterocycles. The molecule has 3 rings (SSSR count). The maximum absolute atomic E-state index is 14.0. The van der Waals surface area contributed by atoms with E-state index in [0.717, 1.165) is 0 Å². The van der Waals surface area contributed by atoms with Gasteiger partial charge < -0.3 is 52.7 Å². The second kappa shape index (κ2) is 20.9. The van der Waals surface area contributed by atoms with Gasteiger partial charge in [-0.05, 0) is 44.6 Å². The Morgan fingerprint density at radius 1 is 0.815 bits per heavy atom. The van der Waals surface area contributed by atoms with E-state index in [1.54, 1.807) is 30.3 Å². The lowest BCUT2D eigenvalue weighted by atomic mass is 10.0. The highest BCUT2D eigenvalue weighted by Gasteiger charge is 2.45. The van der Waals surface area contributed by atoms with E-state index in [-0.39, 0.29) is 56.7 Å². The van der Waals surface area contributed by atoms with Gasteiger partial charge in [-0.1, -0.05) is 30.3 Å². The number of aliphatic hydroxyl groups is 1. The highest BCUT2D eigenvalue weighted by Crippen LogP contribution is 2.26. The molecule has 2 aliphatic heterocycles. The summed E-state index contributed by atoms with van der Waals surface area (Å²) < 4.78 is 0. The zero-order valence-electron chi connectivity index (χ0n) is 29.9. The molecule has 1 aromatic rings. The Balaban J connectivity index is 1.79. The Bertz CT molecular complexity index is 1540. The number of rotatable bonds is 19. The fourth-order valence-corrected chi connectivity index (χ4v) is 6.72. The van der Waals surface area contributed by atoms with E-state index in [1.165, 1.54) is 16.7 Å². The van der Waals surface area contributed by atoms with Crippen molar-refractivity contribution in [3.8, 4) is 0 Å². The van der Waals surface area contributed by atoms with Crippen LogP contribution in [0.5, 0.6) is 0 Å². The van der Waals surface area contributed by atoms with Crippen molar-refractivity contribution in [2.24, 2.45) is 11.5 Å². The van der Waals surface area contributed by atoms with Crippen LogP contribution >= 0.6 is 25.3 Å². The number of nitrogens with zero attached hydrogens (tertiary/aromatic N) is 2. The van der Waals surface area contributed by atoms with Crippen LogP contribution in [0.25, 0.3) is 0 Å². The zero-order valence-corrected chi connectivity index (χ0v) is 31.7. The largest absolute Gasteiger partial charge is 0.480 e. The molecule has 8 atom stereocenters. The normalized spacial score (nSPS) is 20.1. The molecule has 0 unspecified atom stereocenters. The Hall–Kier alpha value is -4.40. The molecule has 1 aromatic carbocycles. The molecule has 0 radical (unpaired) electrons. The van der Waals surface area contributed by atoms with E-state index >= 15 is 0 Å². The van der Waals surface area contributed by atoms with E-state index < -0.39 is 95.7 Å². The molecule has 0 aromatic heterocycles. The zero-order chi connectivity index (χ0) is 40.1. The first-order chi connectivity index (χ1) is 25.6. The summed E-state index contributed by atoms with van der Waals surface area (Å²) in [6.07, 6.45) is -0.752. The van der Waals surface area contributed by atoms with Crippen LogP contribution in [0.1, 0.15) is 51.0 Å². The predicted molar refractivity (Wildman–Crippen MR) is 201 cm³/mol. The molecule has 2 aliphatic rings. The summed E-state index contributed by atoms with van der Waals surface area (Å²) in [5.41, 5.74) is 11.8.